The van der Waals surface area contributed by atoms with Crippen molar-refractivity contribution in [2.24, 2.45) is 0 Å². The van der Waals surface area contributed by atoms with Crippen LogP contribution in [0.2, 0.25) is 0 Å². The lowest BCUT2D eigenvalue weighted by molar-refractivity contribution is -0.131. The molecule has 0 aliphatic carbocycles. The minimum atomic E-state index is 0.235. The maximum absolute atomic E-state index is 12.4. The van der Waals surface area contributed by atoms with Crippen LogP contribution >= 0.6 is 0 Å². The van der Waals surface area contributed by atoms with Crippen molar-refractivity contribution in [1.29, 1.82) is 0 Å². The average molecular weight is 352 g/mol. The summed E-state index contributed by atoms with van der Waals surface area (Å²) in [4.78, 5) is 21.1. The van der Waals surface area contributed by atoms with Crippen molar-refractivity contribution in [2.75, 3.05) is 37.6 Å². The first kappa shape index (κ1) is 18.4. The molecule has 1 aromatic heterocycles. The van der Waals surface area contributed by atoms with Crippen molar-refractivity contribution < 1.29 is 4.79 Å². The Balaban J connectivity index is 1.41. The second-order valence-corrected chi connectivity index (χ2v) is 6.83. The molecule has 5 nitrogen and oxygen atoms in total. The number of carbonyl (C=O) groups is 1. The van der Waals surface area contributed by atoms with Crippen molar-refractivity contribution in [2.45, 2.75) is 26.8 Å². The van der Waals surface area contributed by atoms with E-state index in [1.807, 2.05) is 23.1 Å². The summed E-state index contributed by atoms with van der Waals surface area (Å²) >= 11 is 0. The number of amides is 1. The molecule has 138 valence electrons. The highest BCUT2D eigenvalue weighted by atomic mass is 16.2. The van der Waals surface area contributed by atoms with E-state index in [1.54, 1.807) is 6.20 Å². The first-order chi connectivity index (χ1) is 12.6. The Hall–Kier alpha value is -2.40. The minimum Gasteiger partial charge on any atom is -0.368 e. The Kier molecular flexibility index (Phi) is 6.23. The van der Waals surface area contributed by atoms with Gasteiger partial charge in [0.25, 0.3) is 0 Å². The predicted molar refractivity (Wildman–Crippen MR) is 105 cm³/mol. The number of benzene rings is 1. The van der Waals surface area contributed by atoms with Crippen molar-refractivity contribution >= 4 is 11.6 Å². The molecule has 1 aliphatic rings. The van der Waals surface area contributed by atoms with E-state index in [0.29, 0.717) is 19.5 Å². The first-order valence-electron chi connectivity index (χ1n) is 9.34. The first-order valence-corrected chi connectivity index (χ1v) is 9.34. The van der Waals surface area contributed by atoms with Crippen LogP contribution in [0.3, 0.4) is 0 Å². The van der Waals surface area contributed by atoms with Gasteiger partial charge in [-0.05, 0) is 43.2 Å². The number of hydrogen-bond donors (Lipinski definition) is 1. The van der Waals surface area contributed by atoms with Gasteiger partial charge in [0.05, 0.1) is 5.69 Å². The lowest BCUT2D eigenvalue weighted by Gasteiger charge is -2.37. The van der Waals surface area contributed by atoms with E-state index in [9.17, 15) is 4.79 Å². The van der Waals surface area contributed by atoms with Crippen molar-refractivity contribution in [3.8, 4) is 0 Å². The molecule has 26 heavy (non-hydrogen) atoms. The molecule has 1 aliphatic heterocycles. The van der Waals surface area contributed by atoms with Gasteiger partial charge in [0, 0.05) is 57.6 Å². The van der Waals surface area contributed by atoms with E-state index in [-0.39, 0.29) is 5.91 Å². The molecular formula is C21H28N4O. The molecule has 0 spiro atoms. The molecule has 1 aromatic carbocycles. The van der Waals surface area contributed by atoms with Gasteiger partial charge in [-0.1, -0.05) is 18.2 Å². The van der Waals surface area contributed by atoms with Crippen LogP contribution in [0.5, 0.6) is 0 Å². The number of nitrogens with one attached hydrogen (secondary N) is 1. The number of piperazine rings is 1. The topological polar surface area (TPSA) is 48.5 Å². The van der Waals surface area contributed by atoms with Gasteiger partial charge in [0.1, 0.15) is 0 Å². The number of aromatic nitrogens is 1. The molecule has 1 N–H and O–H groups in total. The summed E-state index contributed by atoms with van der Waals surface area (Å²) in [5, 5.41) is 3.30. The Morgan fingerprint density at radius 3 is 2.62 bits per heavy atom. The van der Waals surface area contributed by atoms with Crippen molar-refractivity contribution in [1.82, 2.24) is 15.2 Å². The molecule has 1 amide bonds. The zero-order valence-corrected chi connectivity index (χ0v) is 15.7. The monoisotopic (exact) mass is 352 g/mol. The van der Waals surface area contributed by atoms with E-state index in [4.69, 9.17) is 0 Å². The third kappa shape index (κ3) is 4.61. The van der Waals surface area contributed by atoms with Crippen LogP contribution in [0.4, 0.5) is 5.69 Å². The van der Waals surface area contributed by atoms with Crippen molar-refractivity contribution in [3.63, 3.8) is 0 Å². The van der Waals surface area contributed by atoms with Gasteiger partial charge >= 0.3 is 0 Å². The van der Waals surface area contributed by atoms with E-state index >= 15 is 0 Å². The summed E-state index contributed by atoms with van der Waals surface area (Å²) in [5.74, 6) is 0.235. The Morgan fingerprint density at radius 1 is 1.08 bits per heavy atom. The van der Waals surface area contributed by atoms with Crippen LogP contribution in [0.15, 0.2) is 42.6 Å². The van der Waals surface area contributed by atoms with E-state index in [2.05, 4.69) is 47.2 Å². The van der Waals surface area contributed by atoms with E-state index < -0.39 is 0 Å². The molecule has 5 heteroatoms. The van der Waals surface area contributed by atoms with Gasteiger partial charge in [-0.25, -0.2) is 0 Å². The molecular weight excluding hydrogens is 324 g/mol. The summed E-state index contributed by atoms with van der Waals surface area (Å²) in [6.07, 6.45) is 2.33. The number of carbonyl (C=O) groups excluding carboxylic acids is 1. The molecule has 2 heterocycles. The number of rotatable bonds is 6. The fraction of sp³-hybridized carbons (Fsp3) is 0.429. The lowest BCUT2D eigenvalue weighted by atomic mass is 10.1. The standard InChI is InChI=1S/C21H28N4O/c1-17-6-5-8-20(18(17)2)24-12-14-25(15-13-24)21(26)9-11-22-16-19-7-3-4-10-23-19/h3-8,10,22H,9,11-16H2,1-2H3. The van der Waals surface area contributed by atoms with Gasteiger partial charge in [0.15, 0.2) is 0 Å². The van der Waals surface area contributed by atoms with Crippen LogP contribution in [-0.2, 0) is 11.3 Å². The maximum atomic E-state index is 12.4. The Bertz CT molecular complexity index is 724. The second-order valence-electron chi connectivity index (χ2n) is 6.83. The molecule has 1 saturated heterocycles. The highest BCUT2D eigenvalue weighted by molar-refractivity contribution is 5.76. The van der Waals surface area contributed by atoms with Crippen molar-refractivity contribution in [3.05, 3.63) is 59.4 Å². The number of anilines is 1. The van der Waals surface area contributed by atoms with Crippen LogP contribution in [0.1, 0.15) is 23.2 Å². The molecule has 0 unspecified atom stereocenters. The summed E-state index contributed by atoms with van der Waals surface area (Å²) in [5.41, 5.74) is 4.96. The van der Waals surface area contributed by atoms with Crippen LogP contribution < -0.4 is 10.2 Å². The average Bonchev–Trinajstić information content (AvgIpc) is 2.68. The van der Waals surface area contributed by atoms with Gasteiger partial charge in [-0.15, -0.1) is 0 Å². The molecule has 0 atom stereocenters. The molecule has 0 saturated carbocycles. The van der Waals surface area contributed by atoms with Gasteiger partial charge < -0.3 is 15.1 Å². The number of hydrogen-bond acceptors (Lipinski definition) is 4. The van der Waals surface area contributed by atoms with Crippen LogP contribution in [0, 0.1) is 13.8 Å². The van der Waals surface area contributed by atoms with Gasteiger partial charge in [-0.3, -0.25) is 9.78 Å². The fourth-order valence-electron chi connectivity index (χ4n) is 3.35. The zero-order valence-electron chi connectivity index (χ0n) is 15.7. The SMILES string of the molecule is Cc1cccc(N2CCN(C(=O)CCNCc3ccccn3)CC2)c1C. The zero-order chi connectivity index (χ0) is 18.4. The fourth-order valence-corrected chi connectivity index (χ4v) is 3.35. The summed E-state index contributed by atoms with van der Waals surface area (Å²) in [7, 11) is 0. The molecule has 0 radical (unpaired) electrons. The van der Waals surface area contributed by atoms with E-state index in [1.165, 1.54) is 16.8 Å². The molecule has 0 bridgehead atoms. The summed E-state index contributed by atoms with van der Waals surface area (Å²) in [6, 6.07) is 12.3. The summed E-state index contributed by atoms with van der Waals surface area (Å²) in [6.45, 7) is 9.11. The lowest BCUT2D eigenvalue weighted by Crippen LogP contribution is -2.49. The van der Waals surface area contributed by atoms with E-state index in [0.717, 1.165) is 31.9 Å². The third-order valence-electron chi connectivity index (χ3n) is 5.10. The normalized spacial score (nSPS) is 14.5. The van der Waals surface area contributed by atoms with Crippen LogP contribution in [-0.4, -0.2) is 48.5 Å². The molecule has 1 fully saturated rings. The third-order valence-corrected chi connectivity index (χ3v) is 5.10. The van der Waals surface area contributed by atoms with Gasteiger partial charge in [0.2, 0.25) is 5.91 Å². The molecule has 2 aromatic rings. The smallest absolute Gasteiger partial charge is 0.223 e. The largest absolute Gasteiger partial charge is 0.368 e. The second kappa shape index (κ2) is 8.81. The summed E-state index contributed by atoms with van der Waals surface area (Å²) < 4.78 is 0. The number of aryl methyl sites for hydroxylation is 1. The number of pyridine rings is 1. The maximum Gasteiger partial charge on any atom is 0.223 e. The number of nitrogens with zero attached hydrogens (tertiary/aromatic N) is 3. The van der Waals surface area contributed by atoms with Gasteiger partial charge in [-0.2, -0.15) is 0 Å². The predicted octanol–water partition coefficient (Wildman–Crippen LogP) is 2.53. The highest BCUT2D eigenvalue weighted by Gasteiger charge is 2.21. The van der Waals surface area contributed by atoms with Crippen LogP contribution in [0.25, 0.3) is 0 Å². The highest BCUT2D eigenvalue weighted by Crippen LogP contribution is 2.23. The Morgan fingerprint density at radius 2 is 1.88 bits per heavy atom. The molecule has 3 rings (SSSR count). The Labute approximate surface area is 156 Å². The quantitative estimate of drug-likeness (QED) is 0.812. The minimum absolute atomic E-state index is 0.235.